The van der Waals surface area contributed by atoms with Crippen LogP contribution in [0.5, 0.6) is 0 Å². The molecule has 120 valence electrons. The van der Waals surface area contributed by atoms with Crippen molar-refractivity contribution in [2.75, 3.05) is 0 Å². The van der Waals surface area contributed by atoms with Gasteiger partial charge in [-0.1, -0.05) is 11.8 Å². The SMILES string of the molecule is O=c1[nH]c(SCc2ncc(-c3ccc(F)cc3)o2)nc2sccc12. The van der Waals surface area contributed by atoms with Crippen molar-refractivity contribution in [3.8, 4) is 11.3 Å². The third-order valence-corrected chi connectivity index (χ3v) is 4.99. The maximum absolute atomic E-state index is 13.0. The Hall–Kier alpha value is -2.45. The number of aromatic amines is 1. The van der Waals surface area contributed by atoms with Crippen LogP contribution in [0.3, 0.4) is 0 Å². The number of hydrogen-bond donors (Lipinski definition) is 1. The van der Waals surface area contributed by atoms with Crippen LogP contribution in [0.15, 0.2) is 56.3 Å². The highest BCUT2D eigenvalue weighted by atomic mass is 32.2. The van der Waals surface area contributed by atoms with E-state index in [2.05, 4.69) is 15.0 Å². The lowest BCUT2D eigenvalue weighted by Crippen LogP contribution is -2.07. The Balaban J connectivity index is 1.51. The number of benzene rings is 1. The third kappa shape index (κ3) is 2.98. The minimum absolute atomic E-state index is 0.150. The summed E-state index contributed by atoms with van der Waals surface area (Å²) in [5.41, 5.74) is 0.606. The molecule has 24 heavy (non-hydrogen) atoms. The third-order valence-electron chi connectivity index (χ3n) is 3.33. The number of rotatable bonds is 4. The number of oxazole rings is 1. The number of thiophene rings is 1. The molecule has 4 rings (SSSR count). The van der Waals surface area contributed by atoms with E-state index in [0.717, 1.165) is 5.56 Å². The first-order valence-corrected chi connectivity index (χ1v) is 8.86. The standard InChI is InChI=1S/C16H10FN3O2S2/c17-10-3-1-9(2-4-10)12-7-18-13(22-12)8-24-16-19-14(21)11-5-6-23-15(11)20-16/h1-7H,8H2,(H,19,20,21). The molecule has 0 aliphatic rings. The second-order valence-corrected chi connectivity index (χ2v) is 6.78. The molecule has 0 fully saturated rings. The van der Waals surface area contributed by atoms with Crippen LogP contribution < -0.4 is 5.56 Å². The molecule has 0 aliphatic heterocycles. The van der Waals surface area contributed by atoms with E-state index in [4.69, 9.17) is 4.42 Å². The molecule has 0 aliphatic carbocycles. The monoisotopic (exact) mass is 359 g/mol. The molecule has 1 N–H and O–H groups in total. The largest absolute Gasteiger partial charge is 0.440 e. The normalized spacial score (nSPS) is 11.2. The maximum atomic E-state index is 13.0. The van der Waals surface area contributed by atoms with Gasteiger partial charge in [0.25, 0.3) is 5.56 Å². The van der Waals surface area contributed by atoms with Gasteiger partial charge in [-0.15, -0.1) is 11.3 Å². The number of fused-ring (bicyclic) bond motifs is 1. The zero-order valence-electron chi connectivity index (χ0n) is 12.2. The second-order valence-electron chi connectivity index (χ2n) is 4.92. The van der Waals surface area contributed by atoms with Gasteiger partial charge in [0.2, 0.25) is 5.89 Å². The summed E-state index contributed by atoms with van der Waals surface area (Å²) in [5, 5.41) is 2.96. The molecule has 3 aromatic heterocycles. The lowest BCUT2D eigenvalue weighted by molar-refractivity contribution is 0.529. The minimum atomic E-state index is -0.298. The highest BCUT2D eigenvalue weighted by Gasteiger charge is 2.10. The molecule has 0 saturated heterocycles. The lowest BCUT2D eigenvalue weighted by Gasteiger charge is -1.99. The molecule has 4 aromatic rings. The van der Waals surface area contributed by atoms with E-state index < -0.39 is 0 Å². The fraction of sp³-hybridized carbons (Fsp3) is 0.0625. The summed E-state index contributed by atoms with van der Waals surface area (Å²) in [6.45, 7) is 0. The first kappa shape index (κ1) is 15.1. The van der Waals surface area contributed by atoms with Crippen molar-refractivity contribution in [1.82, 2.24) is 15.0 Å². The van der Waals surface area contributed by atoms with Gasteiger partial charge in [0.1, 0.15) is 10.6 Å². The number of nitrogens with zero attached hydrogens (tertiary/aromatic N) is 2. The fourth-order valence-electron chi connectivity index (χ4n) is 2.17. The Morgan fingerprint density at radius 3 is 2.92 bits per heavy atom. The van der Waals surface area contributed by atoms with Gasteiger partial charge in [0.05, 0.1) is 17.3 Å². The summed E-state index contributed by atoms with van der Waals surface area (Å²) in [5.74, 6) is 1.21. The molecule has 0 saturated carbocycles. The Labute approximate surface area is 143 Å². The first-order valence-electron chi connectivity index (χ1n) is 7.00. The molecule has 5 nitrogen and oxygen atoms in total. The average Bonchev–Trinajstić information content (AvgIpc) is 3.23. The van der Waals surface area contributed by atoms with Crippen LogP contribution in [0.4, 0.5) is 4.39 Å². The summed E-state index contributed by atoms with van der Waals surface area (Å²) in [6.07, 6.45) is 1.60. The molecule has 0 spiro atoms. The minimum Gasteiger partial charge on any atom is -0.440 e. The lowest BCUT2D eigenvalue weighted by atomic mass is 10.2. The average molecular weight is 359 g/mol. The van der Waals surface area contributed by atoms with Crippen LogP contribution >= 0.6 is 23.1 Å². The first-order chi connectivity index (χ1) is 11.7. The predicted molar refractivity (Wildman–Crippen MR) is 91.7 cm³/mol. The van der Waals surface area contributed by atoms with E-state index >= 15 is 0 Å². The molecule has 0 bridgehead atoms. The Morgan fingerprint density at radius 1 is 1.25 bits per heavy atom. The van der Waals surface area contributed by atoms with E-state index in [1.165, 1.54) is 35.2 Å². The van der Waals surface area contributed by atoms with Gasteiger partial charge in [0, 0.05) is 5.56 Å². The van der Waals surface area contributed by atoms with Crippen LogP contribution in [-0.2, 0) is 5.75 Å². The van der Waals surface area contributed by atoms with Crippen LogP contribution in [-0.4, -0.2) is 15.0 Å². The van der Waals surface area contributed by atoms with Crippen LogP contribution in [0.2, 0.25) is 0 Å². The fourth-order valence-corrected chi connectivity index (χ4v) is 3.71. The quantitative estimate of drug-likeness (QED) is 0.439. The van der Waals surface area contributed by atoms with Crippen LogP contribution in [0.1, 0.15) is 5.89 Å². The topological polar surface area (TPSA) is 71.8 Å². The van der Waals surface area contributed by atoms with Crippen molar-refractivity contribution < 1.29 is 8.81 Å². The Bertz CT molecular complexity index is 1050. The van der Waals surface area contributed by atoms with Crippen LogP contribution in [0, 0.1) is 5.82 Å². The van der Waals surface area contributed by atoms with Crippen molar-refractivity contribution in [2.24, 2.45) is 0 Å². The Morgan fingerprint density at radius 2 is 2.08 bits per heavy atom. The highest BCUT2D eigenvalue weighted by Crippen LogP contribution is 2.25. The predicted octanol–water partition coefficient (Wildman–Crippen LogP) is 4.07. The van der Waals surface area contributed by atoms with Gasteiger partial charge in [0.15, 0.2) is 10.9 Å². The zero-order chi connectivity index (χ0) is 16.5. The van der Waals surface area contributed by atoms with Crippen molar-refractivity contribution in [3.63, 3.8) is 0 Å². The van der Waals surface area contributed by atoms with Gasteiger partial charge in [-0.05, 0) is 35.7 Å². The molecule has 0 unspecified atom stereocenters. The maximum Gasteiger partial charge on any atom is 0.260 e. The summed E-state index contributed by atoms with van der Waals surface area (Å²) >= 11 is 2.77. The Kier molecular flexibility index (Phi) is 3.91. The van der Waals surface area contributed by atoms with E-state index in [1.54, 1.807) is 24.4 Å². The number of thioether (sulfide) groups is 1. The van der Waals surface area contributed by atoms with Crippen molar-refractivity contribution in [3.05, 3.63) is 64.0 Å². The van der Waals surface area contributed by atoms with Gasteiger partial charge >= 0.3 is 0 Å². The van der Waals surface area contributed by atoms with Crippen molar-refractivity contribution in [1.29, 1.82) is 0 Å². The zero-order valence-corrected chi connectivity index (χ0v) is 13.8. The second kappa shape index (κ2) is 6.21. The summed E-state index contributed by atoms with van der Waals surface area (Å²) in [6, 6.07) is 7.77. The smallest absolute Gasteiger partial charge is 0.260 e. The molecule has 0 atom stereocenters. The number of halogens is 1. The van der Waals surface area contributed by atoms with Gasteiger partial charge in [-0.3, -0.25) is 4.79 Å². The van der Waals surface area contributed by atoms with Crippen molar-refractivity contribution in [2.45, 2.75) is 10.9 Å². The molecular formula is C16H10FN3O2S2. The highest BCUT2D eigenvalue weighted by molar-refractivity contribution is 7.98. The number of H-pyrrole nitrogens is 1. The van der Waals surface area contributed by atoms with Gasteiger partial charge in [-0.25, -0.2) is 14.4 Å². The molecule has 0 radical (unpaired) electrons. The number of nitrogens with one attached hydrogen (secondary N) is 1. The van der Waals surface area contributed by atoms with Crippen molar-refractivity contribution >= 4 is 33.3 Å². The molecule has 1 aromatic carbocycles. The van der Waals surface area contributed by atoms with Gasteiger partial charge in [-0.2, -0.15) is 0 Å². The summed E-state index contributed by atoms with van der Waals surface area (Å²) < 4.78 is 18.6. The summed E-state index contributed by atoms with van der Waals surface area (Å²) in [4.78, 5) is 24.0. The van der Waals surface area contributed by atoms with E-state index in [0.29, 0.717) is 32.8 Å². The number of aromatic nitrogens is 3. The molecule has 8 heteroatoms. The van der Waals surface area contributed by atoms with Crippen LogP contribution in [0.25, 0.3) is 21.5 Å². The summed E-state index contributed by atoms with van der Waals surface area (Å²) in [7, 11) is 0. The molecule has 0 amide bonds. The van der Waals surface area contributed by atoms with E-state index in [-0.39, 0.29) is 11.4 Å². The van der Waals surface area contributed by atoms with Gasteiger partial charge < -0.3 is 9.40 Å². The van der Waals surface area contributed by atoms with E-state index in [9.17, 15) is 9.18 Å². The van der Waals surface area contributed by atoms with E-state index in [1.807, 2.05) is 5.38 Å². The molecule has 3 heterocycles. The number of hydrogen-bond acceptors (Lipinski definition) is 6. The molecular weight excluding hydrogens is 349 g/mol.